The minimum atomic E-state index is -0.209. The topological polar surface area (TPSA) is 55.1 Å². The van der Waals surface area contributed by atoms with Gasteiger partial charge in [-0.05, 0) is 24.8 Å². The third-order valence-corrected chi connectivity index (χ3v) is 3.42. The smallest absolute Gasteiger partial charge is 0.222 e. The molecule has 1 aromatic rings. The predicted molar refractivity (Wildman–Crippen MR) is 72.9 cm³/mol. The molecule has 3 N–H and O–H groups in total. The summed E-state index contributed by atoms with van der Waals surface area (Å²) in [7, 11) is 0. The van der Waals surface area contributed by atoms with E-state index in [-0.39, 0.29) is 18.0 Å². The summed E-state index contributed by atoms with van der Waals surface area (Å²) < 4.78 is 0. The van der Waals surface area contributed by atoms with Gasteiger partial charge < -0.3 is 11.1 Å². The van der Waals surface area contributed by atoms with Crippen LogP contribution in [-0.4, -0.2) is 11.9 Å². The maximum Gasteiger partial charge on any atom is 0.222 e. The van der Waals surface area contributed by atoms with Crippen molar-refractivity contribution in [2.24, 2.45) is 11.7 Å². The first kappa shape index (κ1) is 13.1. The van der Waals surface area contributed by atoms with Gasteiger partial charge in [0.05, 0.1) is 0 Å². The van der Waals surface area contributed by atoms with E-state index in [2.05, 4.69) is 12.2 Å². The highest BCUT2D eigenvalue weighted by molar-refractivity contribution is 5.77. The molecule has 3 heteroatoms. The number of rotatable bonds is 6. The van der Waals surface area contributed by atoms with Crippen molar-refractivity contribution in [1.82, 2.24) is 5.32 Å². The SMILES string of the molecule is CC(CC1CC1)NC(=O)CC(N)c1ccccc1. The molecule has 1 aliphatic carbocycles. The van der Waals surface area contributed by atoms with Gasteiger partial charge in [0.2, 0.25) is 5.91 Å². The summed E-state index contributed by atoms with van der Waals surface area (Å²) in [5.41, 5.74) is 7.04. The summed E-state index contributed by atoms with van der Waals surface area (Å²) in [6.07, 6.45) is 4.11. The van der Waals surface area contributed by atoms with Crippen LogP contribution in [0.4, 0.5) is 0 Å². The summed E-state index contributed by atoms with van der Waals surface area (Å²) in [5.74, 6) is 0.891. The van der Waals surface area contributed by atoms with Gasteiger partial charge in [-0.2, -0.15) is 0 Å². The van der Waals surface area contributed by atoms with E-state index in [1.807, 2.05) is 30.3 Å². The molecule has 1 saturated carbocycles. The zero-order valence-electron chi connectivity index (χ0n) is 10.9. The predicted octanol–water partition coefficient (Wildman–Crippen LogP) is 2.38. The standard InChI is InChI=1S/C15H22N2O/c1-11(9-12-7-8-12)17-15(18)10-14(16)13-5-3-2-4-6-13/h2-6,11-12,14H,7-10,16H2,1H3,(H,17,18). The van der Waals surface area contributed by atoms with Crippen molar-refractivity contribution < 1.29 is 4.79 Å². The largest absolute Gasteiger partial charge is 0.354 e. The Kier molecular flexibility index (Phi) is 4.37. The quantitative estimate of drug-likeness (QED) is 0.809. The van der Waals surface area contributed by atoms with E-state index in [4.69, 9.17) is 5.73 Å². The number of benzene rings is 1. The zero-order chi connectivity index (χ0) is 13.0. The van der Waals surface area contributed by atoms with Crippen molar-refractivity contribution in [2.45, 2.75) is 44.7 Å². The summed E-state index contributed by atoms with van der Waals surface area (Å²) in [6.45, 7) is 2.07. The molecule has 0 radical (unpaired) electrons. The Balaban J connectivity index is 1.76. The zero-order valence-corrected chi connectivity index (χ0v) is 10.9. The number of nitrogens with one attached hydrogen (secondary N) is 1. The van der Waals surface area contributed by atoms with Crippen LogP contribution in [0.5, 0.6) is 0 Å². The monoisotopic (exact) mass is 246 g/mol. The van der Waals surface area contributed by atoms with Crippen molar-refractivity contribution in [3.05, 3.63) is 35.9 Å². The number of nitrogens with two attached hydrogens (primary N) is 1. The van der Waals surface area contributed by atoms with E-state index in [0.717, 1.165) is 17.9 Å². The highest BCUT2D eigenvalue weighted by atomic mass is 16.1. The van der Waals surface area contributed by atoms with Gasteiger partial charge in [-0.1, -0.05) is 43.2 Å². The first-order chi connectivity index (χ1) is 8.65. The van der Waals surface area contributed by atoms with Crippen LogP contribution in [0, 0.1) is 5.92 Å². The minimum absolute atomic E-state index is 0.0551. The van der Waals surface area contributed by atoms with Gasteiger partial charge in [0.1, 0.15) is 0 Å². The summed E-state index contributed by atoms with van der Waals surface area (Å²) in [5, 5.41) is 3.03. The minimum Gasteiger partial charge on any atom is -0.354 e. The van der Waals surface area contributed by atoms with Crippen LogP contribution in [-0.2, 0) is 4.79 Å². The molecule has 3 nitrogen and oxygen atoms in total. The van der Waals surface area contributed by atoms with Gasteiger partial charge in [-0.25, -0.2) is 0 Å². The highest BCUT2D eigenvalue weighted by Gasteiger charge is 2.24. The molecule has 0 heterocycles. The molecule has 0 bridgehead atoms. The van der Waals surface area contributed by atoms with E-state index < -0.39 is 0 Å². The van der Waals surface area contributed by atoms with Crippen LogP contribution in [0.1, 0.15) is 44.2 Å². The van der Waals surface area contributed by atoms with Crippen molar-refractivity contribution in [3.63, 3.8) is 0 Å². The normalized spacial score (nSPS) is 18.1. The molecule has 1 aromatic carbocycles. The first-order valence-electron chi connectivity index (χ1n) is 6.75. The fourth-order valence-corrected chi connectivity index (χ4v) is 2.26. The molecular formula is C15H22N2O. The number of hydrogen-bond acceptors (Lipinski definition) is 2. The van der Waals surface area contributed by atoms with Gasteiger partial charge in [0, 0.05) is 18.5 Å². The van der Waals surface area contributed by atoms with Gasteiger partial charge in [-0.3, -0.25) is 4.79 Å². The molecule has 1 fully saturated rings. The Bertz CT molecular complexity index is 387. The van der Waals surface area contributed by atoms with Crippen LogP contribution in [0.25, 0.3) is 0 Å². The average molecular weight is 246 g/mol. The lowest BCUT2D eigenvalue weighted by molar-refractivity contribution is -0.122. The second kappa shape index (κ2) is 6.01. The van der Waals surface area contributed by atoms with Crippen molar-refractivity contribution in [1.29, 1.82) is 0 Å². The molecule has 0 saturated heterocycles. The van der Waals surface area contributed by atoms with Crippen LogP contribution >= 0.6 is 0 Å². The lowest BCUT2D eigenvalue weighted by atomic mass is 10.0. The molecular weight excluding hydrogens is 224 g/mol. The molecule has 18 heavy (non-hydrogen) atoms. The van der Waals surface area contributed by atoms with Crippen molar-refractivity contribution >= 4 is 5.91 Å². The number of hydrogen-bond donors (Lipinski definition) is 2. The second-order valence-electron chi connectivity index (χ2n) is 5.37. The fourth-order valence-electron chi connectivity index (χ4n) is 2.26. The third kappa shape index (κ3) is 4.15. The Morgan fingerprint density at radius 3 is 2.67 bits per heavy atom. The van der Waals surface area contributed by atoms with Crippen molar-refractivity contribution in [3.8, 4) is 0 Å². The van der Waals surface area contributed by atoms with Crippen LogP contribution in [0.2, 0.25) is 0 Å². The molecule has 2 atom stereocenters. The molecule has 1 amide bonds. The molecule has 0 spiro atoms. The molecule has 0 aliphatic heterocycles. The average Bonchev–Trinajstić information content (AvgIpc) is 3.13. The molecule has 2 unspecified atom stereocenters. The maximum absolute atomic E-state index is 11.8. The van der Waals surface area contributed by atoms with Crippen LogP contribution in [0.15, 0.2) is 30.3 Å². The van der Waals surface area contributed by atoms with Crippen LogP contribution < -0.4 is 11.1 Å². The molecule has 1 aliphatic rings. The Labute approximate surface area is 109 Å². The summed E-state index contributed by atoms with van der Waals surface area (Å²) in [6, 6.07) is 9.84. The maximum atomic E-state index is 11.8. The summed E-state index contributed by atoms with van der Waals surface area (Å²) in [4.78, 5) is 11.8. The lowest BCUT2D eigenvalue weighted by Crippen LogP contribution is -2.34. The second-order valence-corrected chi connectivity index (χ2v) is 5.37. The fraction of sp³-hybridized carbons (Fsp3) is 0.533. The van der Waals surface area contributed by atoms with E-state index in [9.17, 15) is 4.79 Å². The Morgan fingerprint density at radius 2 is 2.06 bits per heavy atom. The van der Waals surface area contributed by atoms with Gasteiger partial charge >= 0.3 is 0 Å². The van der Waals surface area contributed by atoms with Crippen molar-refractivity contribution in [2.75, 3.05) is 0 Å². The Morgan fingerprint density at radius 1 is 1.39 bits per heavy atom. The van der Waals surface area contributed by atoms with Crippen LogP contribution in [0.3, 0.4) is 0 Å². The molecule has 0 aromatic heterocycles. The third-order valence-electron chi connectivity index (χ3n) is 3.42. The van der Waals surface area contributed by atoms with Gasteiger partial charge in [-0.15, -0.1) is 0 Å². The number of carbonyl (C=O) groups is 1. The van der Waals surface area contributed by atoms with Gasteiger partial charge in [0.25, 0.3) is 0 Å². The van der Waals surface area contributed by atoms with E-state index in [1.54, 1.807) is 0 Å². The highest BCUT2D eigenvalue weighted by Crippen LogP contribution is 2.33. The lowest BCUT2D eigenvalue weighted by Gasteiger charge is -2.16. The van der Waals surface area contributed by atoms with E-state index in [0.29, 0.717) is 6.42 Å². The number of amides is 1. The summed E-state index contributed by atoms with van der Waals surface area (Å²) >= 11 is 0. The number of carbonyl (C=O) groups excluding carboxylic acids is 1. The van der Waals surface area contributed by atoms with E-state index in [1.165, 1.54) is 12.8 Å². The van der Waals surface area contributed by atoms with Gasteiger partial charge in [0.15, 0.2) is 0 Å². The van der Waals surface area contributed by atoms with E-state index >= 15 is 0 Å². The first-order valence-corrected chi connectivity index (χ1v) is 6.75. The molecule has 98 valence electrons. The Hall–Kier alpha value is -1.35. The molecule has 2 rings (SSSR count).